The second-order valence-electron chi connectivity index (χ2n) is 3.44. The van der Waals surface area contributed by atoms with Gasteiger partial charge in [0.2, 0.25) is 5.65 Å². The predicted molar refractivity (Wildman–Crippen MR) is 65.5 cm³/mol. The molecule has 2 aromatic heterocycles. The van der Waals surface area contributed by atoms with Gasteiger partial charge >= 0.3 is 0 Å². The minimum absolute atomic E-state index is 0.511. The molecule has 92 valence electrons. The molecule has 0 aromatic carbocycles. The van der Waals surface area contributed by atoms with Gasteiger partial charge in [-0.15, -0.1) is 21.8 Å². The van der Waals surface area contributed by atoms with E-state index in [9.17, 15) is 0 Å². The van der Waals surface area contributed by atoms with Crippen LogP contribution in [0.3, 0.4) is 0 Å². The number of nitrogens with zero attached hydrogens (tertiary/aromatic N) is 4. The number of halogens is 1. The lowest BCUT2D eigenvalue weighted by Gasteiger charge is -2.06. The first-order chi connectivity index (χ1) is 8.33. The molecule has 0 amide bonds. The summed E-state index contributed by atoms with van der Waals surface area (Å²) in [5.74, 6) is 2.06. The van der Waals surface area contributed by atoms with E-state index in [1.54, 1.807) is 6.20 Å². The number of nitrogens with one attached hydrogen (secondary N) is 1. The number of alkyl halides is 1. The lowest BCUT2D eigenvalue weighted by atomic mass is 10.5. The van der Waals surface area contributed by atoms with Crippen LogP contribution in [0.4, 0.5) is 5.82 Å². The maximum Gasteiger partial charge on any atom is 0.203 e. The summed E-state index contributed by atoms with van der Waals surface area (Å²) < 4.78 is 7.14. The molecule has 17 heavy (non-hydrogen) atoms. The fourth-order valence-corrected chi connectivity index (χ4v) is 1.57. The monoisotopic (exact) mass is 255 g/mol. The third-order valence-electron chi connectivity index (χ3n) is 2.26. The van der Waals surface area contributed by atoms with E-state index < -0.39 is 0 Å². The molecule has 0 unspecified atom stereocenters. The highest BCUT2D eigenvalue weighted by Gasteiger charge is 2.06. The molecule has 0 aliphatic heterocycles. The molecule has 0 aliphatic carbocycles. The number of rotatable bonds is 6. The average molecular weight is 256 g/mol. The van der Waals surface area contributed by atoms with Gasteiger partial charge in [-0.1, -0.05) is 0 Å². The van der Waals surface area contributed by atoms with Gasteiger partial charge in [-0.25, -0.2) is 4.98 Å². The quantitative estimate of drug-likeness (QED) is 0.619. The Hall–Kier alpha value is -1.40. The van der Waals surface area contributed by atoms with Crippen molar-refractivity contribution in [2.45, 2.75) is 6.92 Å². The van der Waals surface area contributed by atoms with Gasteiger partial charge in [0.25, 0.3) is 0 Å². The fraction of sp³-hybridized carbons (Fsp3) is 0.500. The molecule has 2 rings (SSSR count). The van der Waals surface area contributed by atoms with Crippen molar-refractivity contribution in [3.8, 4) is 0 Å². The number of ether oxygens (including phenoxy) is 1. The van der Waals surface area contributed by atoms with Crippen LogP contribution in [-0.4, -0.2) is 45.2 Å². The van der Waals surface area contributed by atoms with Crippen LogP contribution < -0.4 is 5.32 Å². The topological polar surface area (TPSA) is 64.3 Å². The maximum atomic E-state index is 5.50. The van der Waals surface area contributed by atoms with Crippen molar-refractivity contribution in [3.63, 3.8) is 0 Å². The molecule has 2 heterocycles. The van der Waals surface area contributed by atoms with Gasteiger partial charge in [-0.3, -0.25) is 4.40 Å². The highest BCUT2D eigenvalue weighted by molar-refractivity contribution is 6.17. The van der Waals surface area contributed by atoms with Crippen LogP contribution in [0.5, 0.6) is 0 Å². The Morgan fingerprint density at radius 3 is 3.12 bits per heavy atom. The van der Waals surface area contributed by atoms with E-state index in [0.717, 1.165) is 11.5 Å². The van der Waals surface area contributed by atoms with E-state index in [0.29, 0.717) is 31.5 Å². The standard InChI is InChI=1S/C10H14ClN5O/c1-8-14-15-10-9(12-3-5-16(8)10)13-4-7-17-6-2-11/h3,5H,2,4,6-7H2,1H3,(H,12,13). The van der Waals surface area contributed by atoms with E-state index in [-0.39, 0.29) is 0 Å². The Morgan fingerprint density at radius 2 is 2.29 bits per heavy atom. The number of aromatic nitrogens is 4. The molecule has 0 radical (unpaired) electrons. The minimum atomic E-state index is 0.511. The van der Waals surface area contributed by atoms with Crippen LogP contribution in [0.2, 0.25) is 0 Å². The fourth-order valence-electron chi connectivity index (χ4n) is 1.46. The zero-order chi connectivity index (χ0) is 12.1. The van der Waals surface area contributed by atoms with Crippen molar-refractivity contribution >= 4 is 23.1 Å². The normalized spacial score (nSPS) is 10.9. The SMILES string of the molecule is Cc1nnc2c(NCCOCCCl)nccn12. The molecular formula is C10H14ClN5O. The number of fused-ring (bicyclic) bond motifs is 1. The first-order valence-electron chi connectivity index (χ1n) is 5.37. The molecule has 0 atom stereocenters. The molecule has 0 fully saturated rings. The van der Waals surface area contributed by atoms with Crippen molar-refractivity contribution in [1.82, 2.24) is 19.6 Å². The first-order valence-corrected chi connectivity index (χ1v) is 5.90. The van der Waals surface area contributed by atoms with E-state index >= 15 is 0 Å². The Labute approximate surface area is 104 Å². The van der Waals surface area contributed by atoms with Crippen LogP contribution in [0.15, 0.2) is 12.4 Å². The number of hydrogen-bond donors (Lipinski definition) is 1. The predicted octanol–water partition coefficient (Wildman–Crippen LogP) is 1.10. The van der Waals surface area contributed by atoms with Gasteiger partial charge in [0.05, 0.1) is 13.2 Å². The number of anilines is 1. The molecule has 0 saturated carbocycles. The van der Waals surface area contributed by atoms with Gasteiger partial charge < -0.3 is 10.1 Å². The highest BCUT2D eigenvalue weighted by atomic mass is 35.5. The van der Waals surface area contributed by atoms with Gasteiger partial charge in [-0.05, 0) is 6.92 Å². The Bertz CT molecular complexity index is 487. The van der Waals surface area contributed by atoms with Crippen LogP contribution in [-0.2, 0) is 4.74 Å². The Morgan fingerprint density at radius 1 is 1.41 bits per heavy atom. The summed E-state index contributed by atoms with van der Waals surface area (Å²) >= 11 is 5.50. The maximum absolute atomic E-state index is 5.50. The molecule has 0 spiro atoms. The second kappa shape index (κ2) is 5.79. The summed E-state index contributed by atoms with van der Waals surface area (Å²) in [4.78, 5) is 4.22. The molecule has 0 aliphatic rings. The van der Waals surface area contributed by atoms with Crippen LogP contribution in [0.1, 0.15) is 5.82 Å². The summed E-state index contributed by atoms with van der Waals surface area (Å²) in [6.07, 6.45) is 3.55. The van der Waals surface area contributed by atoms with Crippen LogP contribution in [0, 0.1) is 6.92 Å². The van der Waals surface area contributed by atoms with Gasteiger partial charge in [0.15, 0.2) is 5.82 Å². The summed E-state index contributed by atoms with van der Waals surface area (Å²) in [5.41, 5.74) is 0.724. The summed E-state index contributed by atoms with van der Waals surface area (Å²) in [6, 6.07) is 0. The van der Waals surface area contributed by atoms with Crippen molar-refractivity contribution < 1.29 is 4.74 Å². The van der Waals surface area contributed by atoms with Crippen LogP contribution >= 0.6 is 11.6 Å². The van der Waals surface area contributed by atoms with E-state index in [1.807, 2.05) is 17.5 Å². The van der Waals surface area contributed by atoms with Crippen molar-refractivity contribution in [2.75, 3.05) is 31.0 Å². The lowest BCUT2D eigenvalue weighted by Crippen LogP contribution is -2.12. The third kappa shape index (κ3) is 2.83. The number of hydrogen-bond acceptors (Lipinski definition) is 5. The summed E-state index contributed by atoms with van der Waals surface area (Å²) in [5, 5.41) is 11.2. The van der Waals surface area contributed by atoms with Gasteiger partial charge in [-0.2, -0.15) is 0 Å². The van der Waals surface area contributed by atoms with Crippen molar-refractivity contribution in [2.24, 2.45) is 0 Å². The summed E-state index contributed by atoms with van der Waals surface area (Å²) in [7, 11) is 0. The lowest BCUT2D eigenvalue weighted by molar-refractivity contribution is 0.160. The molecule has 6 nitrogen and oxygen atoms in total. The Balaban J connectivity index is 1.99. The Kier molecular flexibility index (Phi) is 4.11. The first kappa shape index (κ1) is 12.1. The van der Waals surface area contributed by atoms with Crippen molar-refractivity contribution in [3.05, 3.63) is 18.2 Å². The van der Waals surface area contributed by atoms with E-state index in [1.165, 1.54) is 0 Å². The largest absolute Gasteiger partial charge is 0.378 e. The second-order valence-corrected chi connectivity index (χ2v) is 3.82. The van der Waals surface area contributed by atoms with Crippen LogP contribution in [0.25, 0.3) is 5.65 Å². The molecule has 7 heteroatoms. The molecular weight excluding hydrogens is 242 g/mol. The number of aryl methyl sites for hydroxylation is 1. The zero-order valence-electron chi connectivity index (χ0n) is 9.56. The molecule has 2 aromatic rings. The molecule has 0 saturated heterocycles. The zero-order valence-corrected chi connectivity index (χ0v) is 10.3. The minimum Gasteiger partial charge on any atom is -0.378 e. The highest BCUT2D eigenvalue weighted by Crippen LogP contribution is 2.11. The van der Waals surface area contributed by atoms with Crippen molar-refractivity contribution in [1.29, 1.82) is 0 Å². The van der Waals surface area contributed by atoms with E-state index in [2.05, 4.69) is 20.5 Å². The summed E-state index contributed by atoms with van der Waals surface area (Å²) in [6.45, 7) is 3.70. The van der Waals surface area contributed by atoms with E-state index in [4.69, 9.17) is 16.3 Å². The van der Waals surface area contributed by atoms with Gasteiger partial charge in [0, 0.05) is 24.8 Å². The molecule has 1 N–H and O–H groups in total. The van der Waals surface area contributed by atoms with Gasteiger partial charge in [0.1, 0.15) is 5.82 Å². The smallest absolute Gasteiger partial charge is 0.203 e. The molecule has 0 bridgehead atoms. The third-order valence-corrected chi connectivity index (χ3v) is 2.41. The average Bonchev–Trinajstić information content (AvgIpc) is 2.72.